The van der Waals surface area contributed by atoms with Gasteiger partial charge in [0.25, 0.3) is 0 Å². The maximum atomic E-state index is 6.20. The summed E-state index contributed by atoms with van der Waals surface area (Å²) in [5.41, 5.74) is 4.03. The van der Waals surface area contributed by atoms with Gasteiger partial charge in [0.2, 0.25) is 5.95 Å². The summed E-state index contributed by atoms with van der Waals surface area (Å²) in [5.74, 6) is 0.961. The van der Waals surface area contributed by atoms with Crippen molar-refractivity contribution in [3.8, 4) is 6.01 Å². The van der Waals surface area contributed by atoms with Crippen molar-refractivity contribution in [2.45, 2.75) is 58.1 Å². The van der Waals surface area contributed by atoms with Crippen molar-refractivity contribution in [2.75, 3.05) is 18.4 Å². The molecular formula is C23H30N8O. The van der Waals surface area contributed by atoms with E-state index in [1.807, 2.05) is 24.5 Å². The third kappa shape index (κ3) is 3.88. The Labute approximate surface area is 187 Å². The van der Waals surface area contributed by atoms with Crippen molar-refractivity contribution < 1.29 is 4.74 Å². The van der Waals surface area contributed by atoms with Crippen LogP contribution >= 0.6 is 0 Å². The molecule has 0 bridgehead atoms. The number of H-pyrrole nitrogens is 1. The Bertz CT molecular complexity index is 1210. The fraction of sp³-hybridized carbons (Fsp3) is 0.478. The number of ether oxygens (including phenoxy) is 1. The number of anilines is 1. The smallest absolute Gasteiger partial charge is 0.322 e. The number of rotatable bonds is 7. The zero-order valence-electron chi connectivity index (χ0n) is 18.8. The third-order valence-corrected chi connectivity index (χ3v) is 6.36. The van der Waals surface area contributed by atoms with Gasteiger partial charge in [0.1, 0.15) is 6.10 Å². The van der Waals surface area contributed by atoms with Gasteiger partial charge in [0.05, 0.1) is 24.0 Å². The Morgan fingerprint density at radius 3 is 2.94 bits per heavy atom. The minimum atomic E-state index is -0.0299. The van der Waals surface area contributed by atoms with Gasteiger partial charge >= 0.3 is 6.01 Å². The molecule has 168 valence electrons. The van der Waals surface area contributed by atoms with E-state index in [0.717, 1.165) is 60.0 Å². The van der Waals surface area contributed by atoms with E-state index in [2.05, 4.69) is 52.8 Å². The maximum absolute atomic E-state index is 6.20. The van der Waals surface area contributed by atoms with Gasteiger partial charge in [-0.25, -0.2) is 0 Å². The van der Waals surface area contributed by atoms with Gasteiger partial charge in [-0.2, -0.15) is 24.7 Å². The van der Waals surface area contributed by atoms with Crippen molar-refractivity contribution in [3.63, 3.8) is 0 Å². The molecule has 32 heavy (non-hydrogen) atoms. The molecule has 1 aliphatic rings. The first kappa shape index (κ1) is 20.7. The molecule has 3 atom stereocenters. The van der Waals surface area contributed by atoms with Crippen molar-refractivity contribution in [2.24, 2.45) is 0 Å². The van der Waals surface area contributed by atoms with Gasteiger partial charge in [0, 0.05) is 17.5 Å². The number of fused-ring (bicyclic) bond motifs is 2. The highest BCUT2D eigenvalue weighted by Gasteiger charge is 2.22. The summed E-state index contributed by atoms with van der Waals surface area (Å²) in [6.07, 6.45) is 6.91. The van der Waals surface area contributed by atoms with Crippen LogP contribution in [0.15, 0.2) is 30.6 Å². The SMILES string of the molecule is CCC(C)c1cnn2c(NC(C)c3cccc4cn[nH]c34)nc(OC3CCCNC3)nc12. The molecule has 4 aromatic rings. The van der Waals surface area contributed by atoms with Crippen LogP contribution in [-0.4, -0.2) is 49.0 Å². The molecule has 9 heteroatoms. The van der Waals surface area contributed by atoms with E-state index in [1.165, 1.54) is 0 Å². The molecule has 3 unspecified atom stereocenters. The highest BCUT2D eigenvalue weighted by molar-refractivity contribution is 5.81. The molecule has 9 nitrogen and oxygen atoms in total. The molecule has 0 spiro atoms. The quantitative estimate of drug-likeness (QED) is 0.406. The Balaban J connectivity index is 1.52. The predicted molar refractivity (Wildman–Crippen MR) is 124 cm³/mol. The van der Waals surface area contributed by atoms with Crippen LogP contribution in [-0.2, 0) is 0 Å². The number of para-hydroxylation sites is 1. The molecule has 0 aliphatic carbocycles. The average molecular weight is 435 g/mol. The number of aromatic amines is 1. The second-order valence-electron chi connectivity index (χ2n) is 8.61. The topological polar surface area (TPSA) is 105 Å². The summed E-state index contributed by atoms with van der Waals surface area (Å²) in [6.45, 7) is 8.32. The third-order valence-electron chi connectivity index (χ3n) is 6.36. The second-order valence-corrected chi connectivity index (χ2v) is 8.61. The van der Waals surface area contributed by atoms with Crippen molar-refractivity contribution in [1.29, 1.82) is 0 Å². The number of benzene rings is 1. The zero-order valence-corrected chi connectivity index (χ0v) is 18.8. The van der Waals surface area contributed by atoms with Crippen LogP contribution < -0.4 is 15.4 Å². The number of aromatic nitrogens is 6. The Morgan fingerprint density at radius 1 is 1.22 bits per heavy atom. The van der Waals surface area contributed by atoms with Gasteiger partial charge in [-0.3, -0.25) is 5.10 Å². The second kappa shape index (κ2) is 8.74. The Kier molecular flexibility index (Phi) is 5.65. The molecular weight excluding hydrogens is 404 g/mol. The van der Waals surface area contributed by atoms with Crippen LogP contribution in [0.3, 0.4) is 0 Å². The van der Waals surface area contributed by atoms with Crippen LogP contribution in [0.5, 0.6) is 6.01 Å². The molecule has 1 aromatic carbocycles. The van der Waals surface area contributed by atoms with Crippen LogP contribution in [0.25, 0.3) is 16.6 Å². The van der Waals surface area contributed by atoms with E-state index >= 15 is 0 Å². The fourth-order valence-electron chi connectivity index (χ4n) is 4.28. The highest BCUT2D eigenvalue weighted by Crippen LogP contribution is 2.29. The van der Waals surface area contributed by atoms with Crippen molar-refractivity contribution in [3.05, 3.63) is 41.7 Å². The lowest BCUT2D eigenvalue weighted by Crippen LogP contribution is -2.37. The molecule has 1 saturated heterocycles. The van der Waals surface area contributed by atoms with E-state index in [9.17, 15) is 0 Å². The van der Waals surface area contributed by atoms with Gasteiger partial charge in [-0.05, 0) is 44.2 Å². The van der Waals surface area contributed by atoms with E-state index < -0.39 is 0 Å². The number of nitrogens with zero attached hydrogens (tertiary/aromatic N) is 5. The summed E-state index contributed by atoms with van der Waals surface area (Å²) < 4.78 is 7.99. The normalized spacial score (nSPS) is 18.7. The van der Waals surface area contributed by atoms with Crippen LogP contribution in [0.4, 0.5) is 5.95 Å². The van der Waals surface area contributed by atoms with Crippen LogP contribution in [0.2, 0.25) is 0 Å². The number of hydrogen-bond donors (Lipinski definition) is 3. The number of piperidine rings is 1. The molecule has 5 rings (SSSR count). The first-order chi connectivity index (χ1) is 15.6. The van der Waals surface area contributed by atoms with Crippen LogP contribution in [0.1, 0.15) is 63.1 Å². The van der Waals surface area contributed by atoms with Gasteiger partial charge < -0.3 is 15.4 Å². The molecule has 0 saturated carbocycles. The Morgan fingerprint density at radius 2 is 2.12 bits per heavy atom. The van der Waals surface area contributed by atoms with Gasteiger partial charge in [0.15, 0.2) is 5.65 Å². The lowest BCUT2D eigenvalue weighted by molar-refractivity contribution is 0.153. The number of nitrogens with one attached hydrogen (secondary N) is 3. The van der Waals surface area contributed by atoms with Crippen molar-refractivity contribution in [1.82, 2.24) is 35.1 Å². The summed E-state index contributed by atoms with van der Waals surface area (Å²) in [7, 11) is 0. The summed E-state index contributed by atoms with van der Waals surface area (Å²) in [5, 5.41) is 19.9. The average Bonchev–Trinajstić information content (AvgIpc) is 3.46. The maximum Gasteiger partial charge on any atom is 0.322 e. The summed E-state index contributed by atoms with van der Waals surface area (Å²) in [6, 6.07) is 6.55. The predicted octanol–water partition coefficient (Wildman–Crippen LogP) is 3.82. The van der Waals surface area contributed by atoms with E-state index in [1.54, 1.807) is 4.52 Å². The lowest BCUT2D eigenvalue weighted by atomic mass is 10.0. The highest BCUT2D eigenvalue weighted by atomic mass is 16.5. The number of hydrogen-bond acceptors (Lipinski definition) is 7. The fourth-order valence-corrected chi connectivity index (χ4v) is 4.28. The molecule has 1 fully saturated rings. The first-order valence-electron chi connectivity index (χ1n) is 11.5. The minimum Gasteiger partial charge on any atom is -0.459 e. The minimum absolute atomic E-state index is 0.0299. The van der Waals surface area contributed by atoms with Gasteiger partial charge in [-0.15, -0.1) is 0 Å². The molecule has 0 radical (unpaired) electrons. The molecule has 3 N–H and O–H groups in total. The largest absolute Gasteiger partial charge is 0.459 e. The Hall–Kier alpha value is -3.20. The summed E-state index contributed by atoms with van der Waals surface area (Å²) >= 11 is 0. The lowest BCUT2D eigenvalue weighted by Gasteiger charge is -2.23. The van der Waals surface area contributed by atoms with E-state index in [0.29, 0.717) is 17.9 Å². The summed E-state index contributed by atoms with van der Waals surface area (Å²) in [4.78, 5) is 9.49. The first-order valence-corrected chi connectivity index (χ1v) is 11.5. The van der Waals surface area contributed by atoms with Crippen LogP contribution in [0, 0.1) is 0 Å². The van der Waals surface area contributed by atoms with Crippen molar-refractivity contribution >= 4 is 22.5 Å². The monoisotopic (exact) mass is 434 g/mol. The molecule has 3 aromatic heterocycles. The van der Waals surface area contributed by atoms with E-state index in [-0.39, 0.29) is 12.1 Å². The molecule has 4 heterocycles. The standard InChI is InChI=1S/C23H30N8O/c1-4-14(2)19-13-26-31-21(19)28-23(32-17-8-6-10-24-12-17)29-22(31)27-15(3)18-9-5-7-16-11-25-30-20(16)18/h5,7,9,11,13-15,17,24H,4,6,8,10,12H2,1-3H3,(H,25,30)(H,27,28,29). The molecule has 1 aliphatic heterocycles. The zero-order chi connectivity index (χ0) is 22.1. The van der Waals surface area contributed by atoms with E-state index in [4.69, 9.17) is 14.7 Å². The van der Waals surface area contributed by atoms with Gasteiger partial charge in [-0.1, -0.05) is 32.0 Å². The molecule has 0 amide bonds.